The molecule has 0 amide bonds. The van der Waals surface area contributed by atoms with Crippen molar-refractivity contribution in [2.24, 2.45) is 5.73 Å². The number of unbranched alkanes of at least 4 members (excludes halogenated alkanes) is 12. The fourth-order valence-corrected chi connectivity index (χ4v) is 5.66. The fourth-order valence-electron chi connectivity index (χ4n) is 4.89. The van der Waals surface area contributed by atoms with Gasteiger partial charge in [-0.05, 0) is 57.4 Å². The molecule has 0 fully saturated rings. The van der Waals surface area contributed by atoms with Crippen LogP contribution in [0.25, 0.3) is 0 Å². The zero-order valence-electron chi connectivity index (χ0n) is 31.9. The summed E-state index contributed by atoms with van der Waals surface area (Å²) in [4.78, 5) is 22.2. The Bertz CT molecular complexity index is 1020. The van der Waals surface area contributed by atoms with Crippen LogP contribution < -0.4 is 5.73 Å². The molecule has 0 aliphatic heterocycles. The summed E-state index contributed by atoms with van der Waals surface area (Å²) in [6, 6.07) is 0. The second-order valence-corrected chi connectivity index (χ2v) is 14.1. The zero-order valence-corrected chi connectivity index (χ0v) is 32.8. The topological polar surface area (TPSA) is 138 Å². The van der Waals surface area contributed by atoms with Gasteiger partial charge in [-0.1, -0.05) is 145 Å². The highest BCUT2D eigenvalue weighted by molar-refractivity contribution is 7.47. The molecule has 9 nitrogen and oxygen atoms in total. The first-order chi connectivity index (χ1) is 24.8. The molecule has 2 unspecified atom stereocenters. The summed E-state index contributed by atoms with van der Waals surface area (Å²) >= 11 is 0. The van der Waals surface area contributed by atoms with E-state index < -0.39 is 26.0 Å². The summed E-state index contributed by atoms with van der Waals surface area (Å²) in [7, 11) is -4.31. The lowest BCUT2D eigenvalue weighted by Gasteiger charge is -2.19. The van der Waals surface area contributed by atoms with Crippen LogP contribution in [0.15, 0.2) is 73.1 Å². The molecule has 0 spiro atoms. The molecule has 0 aromatic rings. The molecule has 0 rings (SSSR count). The predicted molar refractivity (Wildman–Crippen MR) is 211 cm³/mol. The van der Waals surface area contributed by atoms with Crippen molar-refractivity contribution in [2.45, 2.75) is 154 Å². The third-order valence-electron chi connectivity index (χ3n) is 7.83. The number of nitrogens with two attached hydrogens (primary N) is 1. The zero-order chi connectivity index (χ0) is 37.5. The molecule has 0 aromatic carbocycles. The molecule has 0 saturated heterocycles. The first-order valence-corrected chi connectivity index (χ1v) is 21.1. The van der Waals surface area contributed by atoms with E-state index in [1.807, 2.05) is 18.2 Å². The standard InChI is InChI=1S/C41H72NO8P/c1-3-5-7-9-11-13-15-17-19-21-23-25-27-29-35-47-40(38-50-51(45,46)49-36-34-42)37-48-41(44)33-30-32-39(43)31-28-26-24-22-20-18-16-14-12-10-8-6-4-2/h6,8,12,14,18,20,24,26,28-29,31,35,39-40,43H,3-5,7,9-11,13,15-17,19,21-23,25,27,30,32-34,36-38,42H2,1-2H3,(H,45,46)/b8-6-,14-12-,20-18-,26-24-,31-28+,35-29+/t39?,40-/m1/s1. The molecule has 294 valence electrons. The number of aliphatic hydroxyl groups is 1. The number of carbonyl (C=O) groups is 1. The molecule has 0 aromatic heterocycles. The summed E-state index contributed by atoms with van der Waals surface area (Å²) in [5.74, 6) is -0.453. The molecule has 0 aliphatic rings. The van der Waals surface area contributed by atoms with Gasteiger partial charge in [-0.15, -0.1) is 0 Å². The Hall–Kier alpha value is -2.26. The molecule has 0 bridgehead atoms. The van der Waals surface area contributed by atoms with Gasteiger partial charge in [0.1, 0.15) is 6.61 Å². The van der Waals surface area contributed by atoms with Crippen LogP contribution in [-0.4, -0.2) is 54.5 Å². The van der Waals surface area contributed by atoms with E-state index >= 15 is 0 Å². The fraction of sp³-hybridized carbons (Fsp3) is 0.683. The largest absolute Gasteiger partial charge is 0.492 e. The van der Waals surface area contributed by atoms with Crippen LogP contribution in [0.5, 0.6) is 0 Å². The number of phosphoric acid groups is 1. The Morgan fingerprint density at radius 3 is 1.92 bits per heavy atom. The van der Waals surface area contributed by atoms with Crippen molar-refractivity contribution in [1.29, 1.82) is 0 Å². The minimum Gasteiger partial charge on any atom is -0.492 e. The summed E-state index contributed by atoms with van der Waals surface area (Å²) in [5, 5.41) is 10.2. The summed E-state index contributed by atoms with van der Waals surface area (Å²) in [5.41, 5.74) is 5.34. The van der Waals surface area contributed by atoms with Crippen molar-refractivity contribution < 1.29 is 37.9 Å². The van der Waals surface area contributed by atoms with Crippen LogP contribution in [0.3, 0.4) is 0 Å². The monoisotopic (exact) mass is 737 g/mol. The number of phosphoric ester groups is 1. The maximum atomic E-state index is 12.4. The highest BCUT2D eigenvalue weighted by atomic mass is 31.2. The molecule has 51 heavy (non-hydrogen) atoms. The molecular weight excluding hydrogens is 665 g/mol. The second-order valence-electron chi connectivity index (χ2n) is 12.7. The lowest BCUT2D eigenvalue weighted by Crippen LogP contribution is -2.25. The number of esters is 1. The van der Waals surface area contributed by atoms with Gasteiger partial charge in [-0.25, -0.2) is 4.57 Å². The van der Waals surface area contributed by atoms with E-state index in [1.165, 1.54) is 70.5 Å². The van der Waals surface area contributed by atoms with Crippen LogP contribution in [-0.2, 0) is 27.9 Å². The smallest absolute Gasteiger partial charge is 0.472 e. The normalized spacial score (nSPS) is 14.9. The average Bonchev–Trinajstić information content (AvgIpc) is 3.11. The Labute approximate surface area is 310 Å². The molecule has 3 atom stereocenters. The Morgan fingerprint density at radius 1 is 0.725 bits per heavy atom. The van der Waals surface area contributed by atoms with Crippen LogP contribution in [0.1, 0.15) is 142 Å². The Balaban J connectivity index is 4.35. The second kappa shape index (κ2) is 37.5. The number of aliphatic hydroxyl groups excluding tert-OH is 1. The van der Waals surface area contributed by atoms with Crippen molar-refractivity contribution in [3.05, 3.63) is 73.1 Å². The molecule has 0 aliphatic carbocycles. The van der Waals surface area contributed by atoms with E-state index in [0.717, 1.165) is 44.9 Å². The number of hydrogen-bond donors (Lipinski definition) is 3. The summed E-state index contributed by atoms with van der Waals surface area (Å²) in [6.07, 6.45) is 43.3. The molecule has 0 saturated carbocycles. The van der Waals surface area contributed by atoms with E-state index in [2.05, 4.69) is 50.3 Å². The van der Waals surface area contributed by atoms with Crippen molar-refractivity contribution in [3.8, 4) is 0 Å². The minimum absolute atomic E-state index is 0.0717. The van der Waals surface area contributed by atoms with E-state index in [1.54, 1.807) is 12.2 Å². The molecule has 0 radical (unpaired) electrons. The van der Waals surface area contributed by atoms with E-state index in [9.17, 15) is 19.4 Å². The van der Waals surface area contributed by atoms with E-state index in [-0.39, 0.29) is 32.8 Å². The number of allylic oxidation sites excluding steroid dienone is 10. The van der Waals surface area contributed by atoms with Gasteiger partial charge in [0.15, 0.2) is 6.10 Å². The molecule has 4 N–H and O–H groups in total. The van der Waals surface area contributed by atoms with Crippen LogP contribution in [0.4, 0.5) is 0 Å². The SMILES string of the molecule is CC/C=C\C/C=C\C/C=C\C/C=C\C=C\C(O)CCCC(=O)OC[C@H](COP(=O)(O)OCCN)O/C=C/CCCCCCCCCCCCCC. The summed E-state index contributed by atoms with van der Waals surface area (Å²) < 4.78 is 32.9. The first kappa shape index (κ1) is 48.7. The number of rotatable bonds is 36. The predicted octanol–water partition coefficient (Wildman–Crippen LogP) is 10.5. The summed E-state index contributed by atoms with van der Waals surface area (Å²) in [6.45, 7) is 3.85. The Morgan fingerprint density at radius 2 is 1.31 bits per heavy atom. The number of hydrogen-bond acceptors (Lipinski definition) is 8. The van der Waals surface area contributed by atoms with Crippen LogP contribution >= 0.6 is 7.82 Å². The van der Waals surface area contributed by atoms with Crippen molar-refractivity contribution in [1.82, 2.24) is 0 Å². The molecular formula is C41H72NO8P. The lowest BCUT2D eigenvalue weighted by atomic mass is 10.0. The van der Waals surface area contributed by atoms with Crippen LogP contribution in [0, 0.1) is 0 Å². The maximum absolute atomic E-state index is 12.4. The van der Waals surface area contributed by atoms with Gasteiger partial charge in [0.2, 0.25) is 0 Å². The van der Waals surface area contributed by atoms with Crippen molar-refractivity contribution in [2.75, 3.05) is 26.4 Å². The maximum Gasteiger partial charge on any atom is 0.472 e. The van der Waals surface area contributed by atoms with Gasteiger partial charge in [0, 0.05) is 13.0 Å². The molecule has 10 heteroatoms. The van der Waals surface area contributed by atoms with Crippen molar-refractivity contribution in [3.63, 3.8) is 0 Å². The van der Waals surface area contributed by atoms with E-state index in [0.29, 0.717) is 12.8 Å². The quantitative estimate of drug-likeness (QED) is 0.0143. The van der Waals surface area contributed by atoms with Gasteiger partial charge < -0.3 is 25.2 Å². The van der Waals surface area contributed by atoms with Gasteiger partial charge in [0.05, 0.1) is 25.6 Å². The molecule has 0 heterocycles. The highest BCUT2D eigenvalue weighted by Crippen LogP contribution is 2.43. The van der Waals surface area contributed by atoms with Gasteiger partial charge in [-0.2, -0.15) is 0 Å². The minimum atomic E-state index is -4.31. The third-order valence-corrected chi connectivity index (χ3v) is 8.82. The first-order valence-electron chi connectivity index (χ1n) is 19.6. The average molecular weight is 738 g/mol. The van der Waals surface area contributed by atoms with Crippen molar-refractivity contribution >= 4 is 13.8 Å². The van der Waals surface area contributed by atoms with E-state index in [4.69, 9.17) is 24.3 Å². The number of carbonyl (C=O) groups excluding carboxylic acids is 1. The van der Waals surface area contributed by atoms with Gasteiger partial charge >= 0.3 is 13.8 Å². The third kappa shape index (κ3) is 37.3. The van der Waals surface area contributed by atoms with Gasteiger partial charge in [0.25, 0.3) is 0 Å². The highest BCUT2D eigenvalue weighted by Gasteiger charge is 2.24. The lowest BCUT2D eigenvalue weighted by molar-refractivity contribution is -0.147. The van der Waals surface area contributed by atoms with Crippen LogP contribution in [0.2, 0.25) is 0 Å². The van der Waals surface area contributed by atoms with Gasteiger partial charge in [-0.3, -0.25) is 13.8 Å². The number of ether oxygens (including phenoxy) is 2. The Kier molecular flexibility index (Phi) is 35.8.